The molecule has 2 N–H and O–H groups in total. The molecule has 1 aliphatic rings. The number of anilines is 2. The number of hydrogen-bond donors (Lipinski definition) is 1. The first-order valence-corrected chi connectivity index (χ1v) is 6.29. The quantitative estimate of drug-likeness (QED) is 0.870. The van der Waals surface area contributed by atoms with E-state index >= 15 is 0 Å². The Balaban J connectivity index is 2.08. The fourth-order valence-corrected chi connectivity index (χ4v) is 2.22. The Morgan fingerprint density at radius 3 is 3.12 bits per heavy atom. The van der Waals surface area contributed by atoms with Crippen LogP contribution >= 0.6 is 0 Å². The van der Waals surface area contributed by atoms with Gasteiger partial charge in [-0.15, -0.1) is 0 Å². The maximum atomic E-state index is 5.92. The van der Waals surface area contributed by atoms with E-state index in [0.717, 1.165) is 49.6 Å². The highest BCUT2D eigenvalue weighted by Gasteiger charge is 2.21. The summed E-state index contributed by atoms with van der Waals surface area (Å²) >= 11 is 0. The van der Waals surface area contributed by atoms with Crippen molar-refractivity contribution >= 4 is 11.5 Å². The van der Waals surface area contributed by atoms with Crippen molar-refractivity contribution in [2.75, 3.05) is 30.3 Å². The molecule has 2 heterocycles. The molecule has 0 aromatic carbocycles. The van der Waals surface area contributed by atoms with Crippen LogP contribution in [0.15, 0.2) is 12.3 Å². The molecule has 1 fully saturated rings. The molecule has 1 unspecified atom stereocenters. The minimum Gasteiger partial charge on any atom is -0.398 e. The summed E-state index contributed by atoms with van der Waals surface area (Å²) in [6.07, 6.45) is 4.47. The average Bonchev–Trinajstić information content (AvgIpc) is 2.33. The molecule has 2 rings (SSSR count). The number of nitrogens with zero attached hydrogens (tertiary/aromatic N) is 2. The van der Waals surface area contributed by atoms with Gasteiger partial charge in [0.1, 0.15) is 5.82 Å². The molecule has 0 amide bonds. The van der Waals surface area contributed by atoms with Crippen molar-refractivity contribution in [2.24, 2.45) is 0 Å². The maximum absolute atomic E-state index is 5.92. The molecule has 0 bridgehead atoms. The Morgan fingerprint density at radius 1 is 1.59 bits per heavy atom. The van der Waals surface area contributed by atoms with Crippen LogP contribution in [-0.2, 0) is 4.74 Å². The van der Waals surface area contributed by atoms with Gasteiger partial charge >= 0.3 is 0 Å². The zero-order chi connectivity index (χ0) is 12.3. The molecule has 4 nitrogen and oxygen atoms in total. The molecule has 1 saturated heterocycles. The SMILES string of the molecule is CCOC1CCCN(c2cc(N)c(C)cn2)C1. The van der Waals surface area contributed by atoms with Crippen molar-refractivity contribution in [1.29, 1.82) is 0 Å². The molecular weight excluding hydrogens is 214 g/mol. The molecule has 0 aliphatic carbocycles. The maximum Gasteiger partial charge on any atom is 0.130 e. The van der Waals surface area contributed by atoms with Crippen LogP contribution in [0.1, 0.15) is 25.3 Å². The lowest BCUT2D eigenvalue weighted by Gasteiger charge is -2.33. The molecule has 0 radical (unpaired) electrons. The second-order valence-electron chi connectivity index (χ2n) is 4.56. The van der Waals surface area contributed by atoms with Crippen molar-refractivity contribution in [3.8, 4) is 0 Å². The van der Waals surface area contributed by atoms with Gasteiger partial charge in [-0.2, -0.15) is 0 Å². The van der Waals surface area contributed by atoms with E-state index in [4.69, 9.17) is 10.5 Å². The van der Waals surface area contributed by atoms with Gasteiger partial charge in [0, 0.05) is 37.6 Å². The first kappa shape index (κ1) is 12.2. The predicted octanol–water partition coefficient (Wildman–Crippen LogP) is 1.98. The van der Waals surface area contributed by atoms with E-state index in [1.165, 1.54) is 0 Å². The molecule has 4 heteroatoms. The van der Waals surface area contributed by atoms with Crippen molar-refractivity contribution < 1.29 is 4.74 Å². The molecule has 1 atom stereocenters. The van der Waals surface area contributed by atoms with Gasteiger partial charge in [-0.05, 0) is 32.3 Å². The smallest absolute Gasteiger partial charge is 0.130 e. The number of pyridine rings is 1. The number of nitrogens with two attached hydrogens (primary N) is 1. The lowest BCUT2D eigenvalue weighted by atomic mass is 10.1. The number of aromatic nitrogens is 1. The topological polar surface area (TPSA) is 51.4 Å². The summed E-state index contributed by atoms with van der Waals surface area (Å²) < 4.78 is 5.69. The second-order valence-corrected chi connectivity index (χ2v) is 4.56. The number of hydrogen-bond acceptors (Lipinski definition) is 4. The van der Waals surface area contributed by atoms with Gasteiger partial charge in [-0.3, -0.25) is 0 Å². The van der Waals surface area contributed by atoms with Crippen LogP contribution in [0.4, 0.5) is 11.5 Å². The average molecular weight is 235 g/mol. The van der Waals surface area contributed by atoms with Crippen LogP contribution in [0, 0.1) is 6.92 Å². The largest absolute Gasteiger partial charge is 0.398 e. The van der Waals surface area contributed by atoms with Crippen molar-refractivity contribution in [2.45, 2.75) is 32.8 Å². The van der Waals surface area contributed by atoms with Crippen LogP contribution in [-0.4, -0.2) is 30.8 Å². The summed E-state index contributed by atoms with van der Waals surface area (Å²) in [4.78, 5) is 6.71. The van der Waals surface area contributed by atoms with Gasteiger partial charge < -0.3 is 15.4 Å². The summed E-state index contributed by atoms with van der Waals surface area (Å²) in [5.41, 5.74) is 7.77. The van der Waals surface area contributed by atoms with Crippen LogP contribution in [0.3, 0.4) is 0 Å². The van der Waals surface area contributed by atoms with E-state index in [2.05, 4.69) is 9.88 Å². The lowest BCUT2D eigenvalue weighted by molar-refractivity contribution is 0.0525. The Hall–Kier alpha value is -1.29. The third-order valence-electron chi connectivity index (χ3n) is 3.23. The van der Waals surface area contributed by atoms with Gasteiger partial charge in [0.05, 0.1) is 6.10 Å². The van der Waals surface area contributed by atoms with E-state index in [0.29, 0.717) is 6.10 Å². The summed E-state index contributed by atoms with van der Waals surface area (Å²) in [7, 11) is 0. The second kappa shape index (κ2) is 5.36. The van der Waals surface area contributed by atoms with Gasteiger partial charge in [-0.1, -0.05) is 0 Å². The minimum absolute atomic E-state index is 0.332. The van der Waals surface area contributed by atoms with Gasteiger partial charge in [-0.25, -0.2) is 4.98 Å². The Labute approximate surface area is 103 Å². The predicted molar refractivity (Wildman–Crippen MR) is 70.2 cm³/mol. The number of aryl methyl sites for hydroxylation is 1. The molecule has 0 spiro atoms. The summed E-state index contributed by atoms with van der Waals surface area (Å²) in [6, 6.07) is 1.96. The van der Waals surface area contributed by atoms with Crippen molar-refractivity contribution in [3.63, 3.8) is 0 Å². The van der Waals surface area contributed by atoms with Crippen molar-refractivity contribution in [1.82, 2.24) is 4.98 Å². The molecule has 17 heavy (non-hydrogen) atoms. The van der Waals surface area contributed by atoms with Crippen LogP contribution in [0.2, 0.25) is 0 Å². The summed E-state index contributed by atoms with van der Waals surface area (Å²) in [6.45, 7) is 6.76. The van der Waals surface area contributed by atoms with Crippen LogP contribution < -0.4 is 10.6 Å². The Bertz CT molecular complexity index is 379. The Morgan fingerprint density at radius 2 is 2.41 bits per heavy atom. The molecule has 94 valence electrons. The molecule has 1 aliphatic heterocycles. The molecule has 1 aromatic heterocycles. The zero-order valence-electron chi connectivity index (χ0n) is 10.6. The van der Waals surface area contributed by atoms with E-state index in [1.54, 1.807) is 0 Å². The summed E-state index contributed by atoms with van der Waals surface area (Å²) in [5, 5.41) is 0. The molecular formula is C13H21N3O. The highest BCUT2D eigenvalue weighted by atomic mass is 16.5. The minimum atomic E-state index is 0.332. The van der Waals surface area contributed by atoms with E-state index in [9.17, 15) is 0 Å². The van der Waals surface area contributed by atoms with Crippen LogP contribution in [0.25, 0.3) is 0 Å². The van der Waals surface area contributed by atoms with Gasteiger partial charge in [0.15, 0.2) is 0 Å². The monoisotopic (exact) mass is 235 g/mol. The summed E-state index contributed by atoms with van der Waals surface area (Å²) in [5.74, 6) is 0.970. The van der Waals surface area contributed by atoms with E-state index in [1.807, 2.05) is 26.1 Å². The van der Waals surface area contributed by atoms with E-state index < -0.39 is 0 Å². The van der Waals surface area contributed by atoms with E-state index in [-0.39, 0.29) is 0 Å². The first-order valence-electron chi connectivity index (χ1n) is 6.29. The number of rotatable bonds is 3. The molecule has 1 aromatic rings. The van der Waals surface area contributed by atoms with Gasteiger partial charge in [0.25, 0.3) is 0 Å². The van der Waals surface area contributed by atoms with Gasteiger partial charge in [0.2, 0.25) is 0 Å². The highest BCUT2D eigenvalue weighted by molar-refractivity contribution is 5.54. The molecule has 0 saturated carbocycles. The normalized spacial score (nSPS) is 20.6. The fraction of sp³-hybridized carbons (Fsp3) is 0.615. The number of nitrogen functional groups attached to an aromatic ring is 1. The van der Waals surface area contributed by atoms with Crippen molar-refractivity contribution in [3.05, 3.63) is 17.8 Å². The number of ether oxygens (including phenoxy) is 1. The van der Waals surface area contributed by atoms with Crippen LogP contribution in [0.5, 0.6) is 0 Å². The third kappa shape index (κ3) is 2.88. The third-order valence-corrected chi connectivity index (χ3v) is 3.23. The first-order chi connectivity index (χ1) is 8.20. The Kier molecular flexibility index (Phi) is 3.84. The lowest BCUT2D eigenvalue weighted by Crippen LogP contribution is -2.40. The zero-order valence-corrected chi connectivity index (χ0v) is 10.6. The highest BCUT2D eigenvalue weighted by Crippen LogP contribution is 2.22. The number of piperidine rings is 1. The standard InChI is InChI=1S/C13H21N3O/c1-3-17-11-5-4-6-16(9-11)13-7-12(14)10(2)8-15-13/h7-8,11H,3-6,9H2,1-2H3,(H2,14,15). The fourth-order valence-electron chi connectivity index (χ4n) is 2.22.